The van der Waals surface area contributed by atoms with E-state index >= 15 is 0 Å². The molecule has 102 valence electrons. The molecule has 1 atom stereocenters. The monoisotopic (exact) mass is 322 g/mol. The maximum absolute atomic E-state index is 4.30. The lowest BCUT2D eigenvalue weighted by Gasteiger charge is -2.15. The molecule has 1 heterocycles. The lowest BCUT2D eigenvalue weighted by molar-refractivity contribution is 0.473. The minimum Gasteiger partial charge on any atom is -0.303 e. The maximum Gasteiger partial charge on any atom is 0.141 e. The Kier molecular flexibility index (Phi) is 4.71. The van der Waals surface area contributed by atoms with Crippen LogP contribution in [0.25, 0.3) is 0 Å². The number of hydrogen-bond donors (Lipinski definition) is 1. The van der Waals surface area contributed by atoms with Crippen LogP contribution in [0.3, 0.4) is 0 Å². The molecular weight excluding hydrogens is 304 g/mol. The van der Waals surface area contributed by atoms with Gasteiger partial charge in [-0.3, -0.25) is 0 Å². The Hall–Kier alpha value is -1.20. The smallest absolute Gasteiger partial charge is 0.141 e. The molecule has 0 radical (unpaired) electrons. The summed E-state index contributed by atoms with van der Waals surface area (Å²) in [4.78, 5) is 4.30. The zero-order chi connectivity index (χ0) is 13.8. The first-order chi connectivity index (χ1) is 9.08. The zero-order valence-corrected chi connectivity index (χ0v) is 13.1. The fourth-order valence-corrected chi connectivity index (χ4v) is 2.21. The van der Waals surface area contributed by atoms with Crippen LogP contribution in [-0.2, 0) is 6.54 Å². The van der Waals surface area contributed by atoms with E-state index in [1.165, 1.54) is 5.56 Å². The largest absolute Gasteiger partial charge is 0.303 e. The minimum absolute atomic E-state index is 0.283. The zero-order valence-electron chi connectivity index (χ0n) is 11.5. The molecule has 0 bridgehead atoms. The number of aromatic nitrogens is 3. The molecule has 0 fully saturated rings. The molecule has 0 aliphatic heterocycles. The molecule has 1 N–H and O–H groups in total. The van der Waals surface area contributed by atoms with Crippen LogP contribution in [0.4, 0.5) is 0 Å². The Morgan fingerprint density at radius 2 is 1.89 bits per heavy atom. The highest BCUT2D eigenvalue weighted by molar-refractivity contribution is 9.10. The quantitative estimate of drug-likeness (QED) is 0.916. The van der Waals surface area contributed by atoms with Gasteiger partial charge in [0.05, 0.1) is 6.54 Å². The van der Waals surface area contributed by atoms with Gasteiger partial charge in [-0.15, -0.1) is 0 Å². The van der Waals surface area contributed by atoms with Gasteiger partial charge in [0.15, 0.2) is 0 Å². The van der Waals surface area contributed by atoms with E-state index < -0.39 is 0 Å². The average Bonchev–Trinajstić information content (AvgIpc) is 2.85. The van der Waals surface area contributed by atoms with Crippen LogP contribution in [0.15, 0.2) is 35.1 Å². The second-order valence-corrected chi connectivity index (χ2v) is 5.78. The van der Waals surface area contributed by atoms with Gasteiger partial charge in [-0.1, -0.05) is 28.1 Å². The van der Waals surface area contributed by atoms with Crippen molar-refractivity contribution in [3.63, 3.8) is 0 Å². The topological polar surface area (TPSA) is 42.7 Å². The summed E-state index contributed by atoms with van der Waals surface area (Å²) in [5.41, 5.74) is 1.26. The lowest BCUT2D eigenvalue weighted by atomic mass is 10.1. The standard InChI is InChI=1S/C14H19BrN4/c1-10(2)19-14(17-9-18-19)8-16-11(3)12-4-6-13(15)7-5-12/h4-7,9-11,16H,8H2,1-3H3/t11-/m0/s1. The van der Waals surface area contributed by atoms with Crippen molar-refractivity contribution in [2.24, 2.45) is 0 Å². The van der Waals surface area contributed by atoms with Gasteiger partial charge in [0.2, 0.25) is 0 Å². The number of halogens is 1. The predicted molar refractivity (Wildman–Crippen MR) is 79.8 cm³/mol. The van der Waals surface area contributed by atoms with E-state index in [4.69, 9.17) is 0 Å². The molecule has 0 aliphatic carbocycles. The Morgan fingerprint density at radius 1 is 1.21 bits per heavy atom. The van der Waals surface area contributed by atoms with Gasteiger partial charge in [-0.2, -0.15) is 5.10 Å². The van der Waals surface area contributed by atoms with Crippen molar-refractivity contribution in [2.45, 2.75) is 39.4 Å². The van der Waals surface area contributed by atoms with Crippen molar-refractivity contribution < 1.29 is 0 Å². The highest BCUT2D eigenvalue weighted by Crippen LogP contribution is 2.17. The van der Waals surface area contributed by atoms with E-state index in [9.17, 15) is 0 Å². The van der Waals surface area contributed by atoms with Crippen LogP contribution < -0.4 is 5.32 Å². The van der Waals surface area contributed by atoms with Gasteiger partial charge in [-0.25, -0.2) is 9.67 Å². The summed E-state index contributed by atoms with van der Waals surface area (Å²) in [6, 6.07) is 8.98. The molecule has 19 heavy (non-hydrogen) atoms. The third-order valence-corrected chi connectivity index (χ3v) is 3.60. The summed E-state index contributed by atoms with van der Waals surface area (Å²) in [5, 5.41) is 7.71. The summed E-state index contributed by atoms with van der Waals surface area (Å²) < 4.78 is 3.05. The van der Waals surface area contributed by atoms with E-state index in [0.717, 1.165) is 16.8 Å². The summed E-state index contributed by atoms with van der Waals surface area (Å²) in [7, 11) is 0. The predicted octanol–water partition coefficient (Wildman–Crippen LogP) is 3.47. The van der Waals surface area contributed by atoms with Crippen LogP contribution in [0.1, 0.15) is 44.2 Å². The fourth-order valence-electron chi connectivity index (χ4n) is 1.95. The van der Waals surface area contributed by atoms with Gasteiger partial charge >= 0.3 is 0 Å². The molecule has 2 rings (SSSR count). The van der Waals surface area contributed by atoms with Crippen molar-refractivity contribution in [1.82, 2.24) is 20.1 Å². The average molecular weight is 323 g/mol. The van der Waals surface area contributed by atoms with Crippen LogP contribution in [0, 0.1) is 0 Å². The first-order valence-electron chi connectivity index (χ1n) is 6.45. The Labute approximate surface area is 122 Å². The second kappa shape index (κ2) is 6.30. The molecule has 0 spiro atoms. The molecule has 0 amide bonds. The van der Waals surface area contributed by atoms with Crippen LogP contribution >= 0.6 is 15.9 Å². The Balaban J connectivity index is 1.98. The van der Waals surface area contributed by atoms with Gasteiger partial charge in [0.1, 0.15) is 12.2 Å². The number of nitrogens with one attached hydrogen (secondary N) is 1. The van der Waals surface area contributed by atoms with E-state index in [1.54, 1.807) is 6.33 Å². The Morgan fingerprint density at radius 3 is 2.53 bits per heavy atom. The molecule has 1 aromatic heterocycles. The Bertz CT molecular complexity index is 518. The molecule has 2 aromatic rings. The van der Waals surface area contributed by atoms with E-state index in [1.807, 2.05) is 4.68 Å². The van der Waals surface area contributed by atoms with Crippen LogP contribution in [0.2, 0.25) is 0 Å². The highest BCUT2D eigenvalue weighted by atomic mass is 79.9. The normalized spacial score (nSPS) is 12.9. The van der Waals surface area contributed by atoms with E-state index in [-0.39, 0.29) is 6.04 Å². The van der Waals surface area contributed by atoms with Crippen molar-refractivity contribution in [3.8, 4) is 0 Å². The molecule has 0 saturated carbocycles. The summed E-state index contributed by atoms with van der Waals surface area (Å²) in [6.07, 6.45) is 1.61. The number of hydrogen-bond acceptors (Lipinski definition) is 3. The fraction of sp³-hybridized carbons (Fsp3) is 0.429. The summed E-state index contributed by atoms with van der Waals surface area (Å²) >= 11 is 3.45. The number of benzene rings is 1. The van der Waals surface area contributed by atoms with Crippen molar-refractivity contribution in [1.29, 1.82) is 0 Å². The molecule has 0 saturated heterocycles. The van der Waals surface area contributed by atoms with Gasteiger partial charge < -0.3 is 5.32 Å². The molecule has 4 nitrogen and oxygen atoms in total. The third kappa shape index (κ3) is 3.64. The first kappa shape index (κ1) is 14.2. The maximum atomic E-state index is 4.30. The molecule has 0 aliphatic rings. The minimum atomic E-state index is 0.283. The van der Waals surface area contributed by atoms with E-state index in [2.05, 4.69) is 76.4 Å². The van der Waals surface area contributed by atoms with Gasteiger partial charge in [0.25, 0.3) is 0 Å². The molecule has 1 aromatic carbocycles. The van der Waals surface area contributed by atoms with Gasteiger partial charge in [0, 0.05) is 16.6 Å². The third-order valence-electron chi connectivity index (χ3n) is 3.07. The van der Waals surface area contributed by atoms with Crippen molar-refractivity contribution in [2.75, 3.05) is 0 Å². The second-order valence-electron chi connectivity index (χ2n) is 4.87. The molecule has 0 unspecified atom stereocenters. The van der Waals surface area contributed by atoms with Gasteiger partial charge in [-0.05, 0) is 38.5 Å². The van der Waals surface area contributed by atoms with Crippen molar-refractivity contribution in [3.05, 3.63) is 46.5 Å². The highest BCUT2D eigenvalue weighted by Gasteiger charge is 2.10. The number of rotatable bonds is 5. The molecule has 5 heteroatoms. The summed E-state index contributed by atoms with van der Waals surface area (Å²) in [6.45, 7) is 7.08. The van der Waals surface area contributed by atoms with Crippen LogP contribution in [-0.4, -0.2) is 14.8 Å². The SMILES string of the molecule is CC(C)n1ncnc1CN[C@@H](C)c1ccc(Br)cc1. The lowest BCUT2D eigenvalue weighted by Crippen LogP contribution is -2.21. The summed E-state index contributed by atoms with van der Waals surface area (Å²) in [5.74, 6) is 0.971. The first-order valence-corrected chi connectivity index (χ1v) is 7.24. The number of nitrogens with zero attached hydrogens (tertiary/aromatic N) is 3. The van der Waals surface area contributed by atoms with E-state index in [0.29, 0.717) is 6.04 Å². The molecular formula is C14H19BrN4. The van der Waals surface area contributed by atoms with Crippen LogP contribution in [0.5, 0.6) is 0 Å². The van der Waals surface area contributed by atoms with Crippen molar-refractivity contribution >= 4 is 15.9 Å².